The predicted octanol–water partition coefficient (Wildman–Crippen LogP) is 2.44. The largest absolute Gasteiger partial charge is 0.491 e. The monoisotopic (exact) mass is 349 g/mol. The summed E-state index contributed by atoms with van der Waals surface area (Å²) < 4.78 is 7.24. The molecule has 2 N–H and O–H groups in total. The molecule has 4 aromatic rings. The number of aliphatic hydroxyl groups is 1. The molecule has 2 aromatic heterocycles. The summed E-state index contributed by atoms with van der Waals surface area (Å²) in [6.45, 7) is 2.31. The van der Waals surface area contributed by atoms with Crippen molar-refractivity contribution in [2.75, 3.05) is 18.5 Å². The molecule has 2 aromatic carbocycles. The summed E-state index contributed by atoms with van der Waals surface area (Å²) >= 11 is 0. The Morgan fingerprint density at radius 3 is 2.69 bits per heavy atom. The fourth-order valence-corrected chi connectivity index (χ4v) is 2.75. The molecule has 0 spiro atoms. The van der Waals surface area contributed by atoms with Gasteiger partial charge < -0.3 is 15.2 Å². The highest BCUT2D eigenvalue weighted by Gasteiger charge is 2.13. The molecule has 7 heteroatoms. The summed E-state index contributed by atoms with van der Waals surface area (Å²) in [5, 5.41) is 18.7. The number of aromatic nitrogens is 4. The number of nitrogens with zero attached hydrogens (tertiary/aromatic N) is 4. The molecular formula is C19H19N5O2. The minimum absolute atomic E-state index is 0.185. The van der Waals surface area contributed by atoms with E-state index in [4.69, 9.17) is 4.74 Å². The van der Waals surface area contributed by atoms with Crippen molar-refractivity contribution in [2.24, 2.45) is 0 Å². The number of fused-ring (bicyclic) bond motifs is 3. The first kappa shape index (κ1) is 16.3. The first-order valence-electron chi connectivity index (χ1n) is 8.42. The first-order valence-corrected chi connectivity index (χ1v) is 8.42. The molecule has 0 fully saturated rings. The van der Waals surface area contributed by atoms with Crippen LogP contribution in [0.2, 0.25) is 0 Å². The molecule has 4 rings (SSSR count). The molecule has 132 valence electrons. The molecule has 0 radical (unpaired) electrons. The van der Waals surface area contributed by atoms with Crippen LogP contribution < -0.4 is 10.1 Å². The second kappa shape index (κ2) is 6.97. The lowest BCUT2D eigenvalue weighted by Crippen LogP contribution is -2.27. The van der Waals surface area contributed by atoms with E-state index in [-0.39, 0.29) is 13.2 Å². The number of aryl methyl sites for hydroxylation is 1. The number of nitrogens with one attached hydrogen (secondary N) is 1. The van der Waals surface area contributed by atoms with Gasteiger partial charge in [-0.1, -0.05) is 30.3 Å². The fraction of sp³-hybridized carbons (Fsp3) is 0.211. The molecule has 1 atom stereocenters. The van der Waals surface area contributed by atoms with E-state index in [0.717, 1.165) is 22.3 Å². The number of anilines is 1. The average Bonchev–Trinajstić information content (AvgIpc) is 3.07. The van der Waals surface area contributed by atoms with Gasteiger partial charge in [0.1, 0.15) is 24.3 Å². The van der Waals surface area contributed by atoms with E-state index >= 15 is 0 Å². The Morgan fingerprint density at radius 1 is 1.08 bits per heavy atom. The van der Waals surface area contributed by atoms with Gasteiger partial charge in [-0.25, -0.2) is 9.97 Å². The fourth-order valence-electron chi connectivity index (χ4n) is 2.75. The van der Waals surface area contributed by atoms with Gasteiger partial charge in [0, 0.05) is 11.9 Å². The van der Waals surface area contributed by atoms with Gasteiger partial charge in [-0.2, -0.15) is 4.52 Å². The molecule has 0 unspecified atom stereocenters. The number of ether oxygens (including phenoxy) is 1. The lowest BCUT2D eigenvalue weighted by Gasteiger charge is -2.14. The third kappa shape index (κ3) is 3.29. The second-order valence-corrected chi connectivity index (χ2v) is 6.01. The number of rotatable bonds is 6. The normalized spacial score (nSPS) is 12.4. The highest BCUT2D eigenvalue weighted by Crippen LogP contribution is 2.20. The van der Waals surface area contributed by atoms with Crippen LogP contribution in [0.4, 0.5) is 5.95 Å². The van der Waals surface area contributed by atoms with E-state index in [9.17, 15) is 5.11 Å². The highest BCUT2D eigenvalue weighted by molar-refractivity contribution is 5.92. The number of para-hydroxylation sites is 2. The second-order valence-electron chi connectivity index (χ2n) is 6.01. The average molecular weight is 349 g/mol. The standard InChI is InChI=1S/C19H19N5O2/c1-13-21-18-16-9-5-6-10-17(16)22-19(24(18)23-13)20-11-14(25)12-26-15-7-3-2-4-8-15/h2-10,14,25H,11-12H2,1H3,(H,20,22)/t14-/m1/s1. The lowest BCUT2D eigenvalue weighted by atomic mass is 10.2. The molecular weight excluding hydrogens is 330 g/mol. The van der Waals surface area contributed by atoms with E-state index in [1.54, 1.807) is 4.52 Å². The molecule has 0 aliphatic rings. The summed E-state index contributed by atoms with van der Waals surface area (Å²) in [6.07, 6.45) is -0.692. The maximum absolute atomic E-state index is 10.2. The smallest absolute Gasteiger partial charge is 0.226 e. The van der Waals surface area contributed by atoms with E-state index in [0.29, 0.717) is 11.8 Å². The van der Waals surface area contributed by atoms with E-state index in [1.165, 1.54) is 0 Å². The van der Waals surface area contributed by atoms with Crippen molar-refractivity contribution in [2.45, 2.75) is 13.0 Å². The zero-order chi connectivity index (χ0) is 17.9. The Labute approximate surface area is 150 Å². The summed E-state index contributed by atoms with van der Waals surface area (Å²) in [7, 11) is 0. The van der Waals surface area contributed by atoms with Crippen LogP contribution in [0.25, 0.3) is 16.6 Å². The molecule has 7 nitrogen and oxygen atoms in total. The van der Waals surface area contributed by atoms with Gasteiger partial charge in [0.15, 0.2) is 5.65 Å². The van der Waals surface area contributed by atoms with Gasteiger partial charge in [-0.15, -0.1) is 5.10 Å². The zero-order valence-corrected chi connectivity index (χ0v) is 14.3. The summed E-state index contributed by atoms with van der Waals surface area (Å²) in [6, 6.07) is 17.2. The summed E-state index contributed by atoms with van der Waals surface area (Å²) in [5.41, 5.74) is 1.57. The molecule has 0 aliphatic heterocycles. The van der Waals surface area contributed by atoms with Crippen LogP contribution in [0.1, 0.15) is 5.82 Å². The van der Waals surface area contributed by atoms with Gasteiger partial charge >= 0.3 is 0 Å². The van der Waals surface area contributed by atoms with Crippen LogP contribution in [-0.4, -0.2) is 43.9 Å². The Hall–Kier alpha value is -3.19. The predicted molar refractivity (Wildman–Crippen MR) is 99.5 cm³/mol. The Balaban J connectivity index is 1.51. The Bertz CT molecular complexity index is 1030. The van der Waals surface area contributed by atoms with Crippen molar-refractivity contribution >= 4 is 22.5 Å². The lowest BCUT2D eigenvalue weighted by molar-refractivity contribution is 0.117. The van der Waals surface area contributed by atoms with Crippen molar-refractivity contribution in [3.8, 4) is 5.75 Å². The minimum Gasteiger partial charge on any atom is -0.491 e. The van der Waals surface area contributed by atoms with Gasteiger partial charge in [0.25, 0.3) is 0 Å². The third-order valence-electron chi connectivity index (χ3n) is 3.97. The molecule has 0 bridgehead atoms. The maximum atomic E-state index is 10.2. The SMILES string of the molecule is Cc1nc2c3ccccc3nc(NC[C@@H](O)COc3ccccc3)n2n1. The molecule has 0 saturated heterocycles. The van der Waals surface area contributed by atoms with E-state index in [2.05, 4.69) is 20.4 Å². The van der Waals surface area contributed by atoms with Gasteiger partial charge in [0.2, 0.25) is 5.95 Å². The highest BCUT2D eigenvalue weighted by atomic mass is 16.5. The van der Waals surface area contributed by atoms with E-state index < -0.39 is 6.10 Å². The molecule has 0 aliphatic carbocycles. The van der Waals surface area contributed by atoms with Crippen LogP contribution in [0.5, 0.6) is 5.75 Å². The number of hydrogen-bond donors (Lipinski definition) is 2. The summed E-state index contributed by atoms with van der Waals surface area (Å²) in [4.78, 5) is 9.09. The van der Waals surface area contributed by atoms with Crippen LogP contribution in [-0.2, 0) is 0 Å². The number of benzene rings is 2. The van der Waals surface area contributed by atoms with Crippen LogP contribution in [0.3, 0.4) is 0 Å². The van der Waals surface area contributed by atoms with Crippen LogP contribution >= 0.6 is 0 Å². The molecule has 0 saturated carbocycles. The third-order valence-corrected chi connectivity index (χ3v) is 3.97. The van der Waals surface area contributed by atoms with Crippen molar-refractivity contribution in [3.63, 3.8) is 0 Å². The van der Waals surface area contributed by atoms with Crippen molar-refractivity contribution in [3.05, 3.63) is 60.4 Å². The molecule has 0 amide bonds. The van der Waals surface area contributed by atoms with Crippen molar-refractivity contribution < 1.29 is 9.84 Å². The van der Waals surface area contributed by atoms with Gasteiger partial charge in [-0.05, 0) is 31.2 Å². The molecule has 2 heterocycles. The van der Waals surface area contributed by atoms with Gasteiger partial charge in [-0.3, -0.25) is 0 Å². The Morgan fingerprint density at radius 2 is 1.85 bits per heavy atom. The minimum atomic E-state index is -0.692. The molecule has 26 heavy (non-hydrogen) atoms. The van der Waals surface area contributed by atoms with Crippen molar-refractivity contribution in [1.29, 1.82) is 0 Å². The van der Waals surface area contributed by atoms with Crippen LogP contribution in [0.15, 0.2) is 54.6 Å². The van der Waals surface area contributed by atoms with Crippen molar-refractivity contribution in [1.82, 2.24) is 19.6 Å². The van der Waals surface area contributed by atoms with Crippen LogP contribution in [0, 0.1) is 6.92 Å². The number of hydrogen-bond acceptors (Lipinski definition) is 6. The quantitative estimate of drug-likeness (QED) is 0.556. The zero-order valence-electron chi connectivity index (χ0n) is 14.3. The first-order chi connectivity index (χ1) is 12.7. The number of aliphatic hydroxyl groups excluding tert-OH is 1. The Kier molecular flexibility index (Phi) is 4.37. The summed E-state index contributed by atoms with van der Waals surface area (Å²) in [5.74, 6) is 1.93. The van der Waals surface area contributed by atoms with E-state index in [1.807, 2.05) is 61.5 Å². The topological polar surface area (TPSA) is 84.6 Å². The van der Waals surface area contributed by atoms with Gasteiger partial charge in [0.05, 0.1) is 5.52 Å². The maximum Gasteiger partial charge on any atom is 0.226 e.